The quantitative estimate of drug-likeness (QED) is 0.402. The first-order chi connectivity index (χ1) is 12.2. The fraction of sp³-hybridized carbons (Fsp3) is 0.944. The van der Waals surface area contributed by atoms with Crippen LogP contribution in [0, 0.1) is 5.41 Å². The van der Waals surface area contributed by atoms with Crippen LogP contribution < -0.4 is 0 Å². The molecule has 2 N–H and O–H groups in total. The van der Waals surface area contributed by atoms with Crippen molar-refractivity contribution < 1.29 is 38.7 Å². The van der Waals surface area contributed by atoms with E-state index in [1.54, 1.807) is 14.0 Å². The summed E-state index contributed by atoms with van der Waals surface area (Å²) in [7, 11) is 1.64. The van der Waals surface area contributed by atoms with Gasteiger partial charge >= 0.3 is 5.97 Å². The molecule has 8 nitrogen and oxygen atoms in total. The molecule has 0 aromatic rings. The molecular formula is C18H36O8. The summed E-state index contributed by atoms with van der Waals surface area (Å²) >= 11 is 0. The van der Waals surface area contributed by atoms with Gasteiger partial charge in [0.15, 0.2) is 0 Å². The molecule has 0 heterocycles. The molecule has 26 heavy (non-hydrogen) atoms. The topological polar surface area (TPSA) is 104 Å². The summed E-state index contributed by atoms with van der Waals surface area (Å²) in [6, 6.07) is 0. The van der Waals surface area contributed by atoms with Crippen LogP contribution >= 0.6 is 0 Å². The van der Waals surface area contributed by atoms with Crippen LogP contribution in [0.25, 0.3) is 0 Å². The van der Waals surface area contributed by atoms with Crippen LogP contribution in [0.2, 0.25) is 0 Å². The fourth-order valence-corrected chi connectivity index (χ4v) is 1.66. The summed E-state index contributed by atoms with van der Waals surface area (Å²) in [5.74, 6) is -0.654. The van der Waals surface area contributed by atoms with Gasteiger partial charge in [-0.3, -0.25) is 4.79 Å². The van der Waals surface area contributed by atoms with E-state index in [2.05, 4.69) is 0 Å². The number of ether oxygens (including phenoxy) is 5. The molecule has 0 rings (SSSR count). The van der Waals surface area contributed by atoms with Gasteiger partial charge in [-0.05, 0) is 34.6 Å². The summed E-state index contributed by atoms with van der Waals surface area (Å²) in [4.78, 5) is 11.8. The summed E-state index contributed by atoms with van der Waals surface area (Å²) in [6.07, 6.45) is -0.481. The summed E-state index contributed by atoms with van der Waals surface area (Å²) in [5.41, 5.74) is -1.30. The first kappa shape index (κ1) is 25.2. The summed E-state index contributed by atoms with van der Waals surface area (Å²) in [6.45, 7) is 9.33. The number of hydrogen-bond acceptors (Lipinski definition) is 8. The highest BCUT2D eigenvalue weighted by Gasteiger charge is 2.34. The zero-order chi connectivity index (χ0) is 20.2. The van der Waals surface area contributed by atoms with Crippen LogP contribution in [0.4, 0.5) is 0 Å². The number of aliphatic hydroxyl groups is 2. The Balaban J connectivity index is 3.94. The van der Waals surface area contributed by atoms with Crippen molar-refractivity contribution >= 4 is 5.97 Å². The van der Waals surface area contributed by atoms with E-state index in [0.717, 1.165) is 0 Å². The van der Waals surface area contributed by atoms with Crippen molar-refractivity contribution in [3.05, 3.63) is 0 Å². The number of carbonyl (C=O) groups is 1. The highest BCUT2D eigenvalue weighted by atomic mass is 16.6. The average Bonchev–Trinajstić information content (AvgIpc) is 2.65. The lowest BCUT2D eigenvalue weighted by Gasteiger charge is -2.24. The van der Waals surface area contributed by atoms with E-state index in [0.29, 0.717) is 19.8 Å². The molecule has 0 aromatic carbocycles. The van der Waals surface area contributed by atoms with Crippen LogP contribution in [0.15, 0.2) is 0 Å². The number of esters is 1. The maximum atomic E-state index is 11.8. The third-order valence-electron chi connectivity index (χ3n) is 3.89. The average molecular weight is 380 g/mol. The molecule has 0 aromatic heterocycles. The molecule has 0 aliphatic rings. The lowest BCUT2D eigenvalue weighted by Crippen LogP contribution is -2.38. The van der Waals surface area contributed by atoms with Gasteiger partial charge in [-0.2, -0.15) is 0 Å². The predicted octanol–water partition coefficient (Wildman–Crippen LogP) is 0.771. The number of carbonyl (C=O) groups excluding carboxylic acids is 1. The molecule has 0 saturated heterocycles. The van der Waals surface area contributed by atoms with E-state index in [-0.39, 0.29) is 31.0 Å². The van der Waals surface area contributed by atoms with Crippen molar-refractivity contribution in [2.45, 2.75) is 59.0 Å². The first-order valence-electron chi connectivity index (χ1n) is 8.95. The van der Waals surface area contributed by atoms with Gasteiger partial charge in [-0.1, -0.05) is 0 Å². The van der Waals surface area contributed by atoms with Crippen LogP contribution in [0.3, 0.4) is 0 Å². The largest absolute Gasteiger partial charge is 0.462 e. The molecule has 0 bridgehead atoms. The molecule has 8 heteroatoms. The zero-order valence-corrected chi connectivity index (χ0v) is 16.9. The van der Waals surface area contributed by atoms with Crippen LogP contribution in [-0.4, -0.2) is 87.3 Å². The van der Waals surface area contributed by atoms with E-state index < -0.39 is 24.6 Å². The van der Waals surface area contributed by atoms with E-state index >= 15 is 0 Å². The summed E-state index contributed by atoms with van der Waals surface area (Å²) in [5, 5.41) is 18.3. The molecule has 4 atom stereocenters. The minimum absolute atomic E-state index is 0.0373. The van der Waals surface area contributed by atoms with Crippen molar-refractivity contribution in [3.63, 3.8) is 0 Å². The highest BCUT2D eigenvalue weighted by Crippen LogP contribution is 2.16. The standard InChI is InChI=1S/C18H36O8/c1-13(22-6)7-23-14(2)8-24-15(3)9-25-16(4)10-26-17(21)18(5,11-19)12-20/h13-16,19-20H,7-12H2,1-6H3. The van der Waals surface area contributed by atoms with Crippen molar-refractivity contribution in [2.24, 2.45) is 5.41 Å². The molecule has 4 unspecified atom stereocenters. The highest BCUT2D eigenvalue weighted by molar-refractivity contribution is 5.76. The van der Waals surface area contributed by atoms with E-state index in [4.69, 9.17) is 33.9 Å². The maximum Gasteiger partial charge on any atom is 0.316 e. The molecule has 0 amide bonds. The van der Waals surface area contributed by atoms with Crippen molar-refractivity contribution in [1.82, 2.24) is 0 Å². The second-order valence-corrected chi connectivity index (χ2v) is 6.95. The van der Waals surface area contributed by atoms with Gasteiger partial charge in [0.25, 0.3) is 0 Å². The van der Waals surface area contributed by atoms with Crippen LogP contribution in [-0.2, 0) is 28.5 Å². The second-order valence-electron chi connectivity index (χ2n) is 6.95. The Kier molecular flexibility index (Phi) is 13.0. The van der Waals surface area contributed by atoms with Gasteiger partial charge in [-0.15, -0.1) is 0 Å². The Labute approximate surface area is 156 Å². The third-order valence-corrected chi connectivity index (χ3v) is 3.89. The molecule has 156 valence electrons. The summed E-state index contributed by atoms with van der Waals surface area (Å²) < 4.78 is 27.1. The smallest absolute Gasteiger partial charge is 0.316 e. The Morgan fingerprint density at radius 3 is 1.58 bits per heavy atom. The Morgan fingerprint density at radius 2 is 1.19 bits per heavy atom. The maximum absolute atomic E-state index is 11.8. The number of rotatable bonds is 15. The number of hydrogen-bond donors (Lipinski definition) is 2. The number of aliphatic hydroxyl groups excluding tert-OH is 2. The molecule has 0 fully saturated rings. The monoisotopic (exact) mass is 380 g/mol. The molecule has 0 spiro atoms. The van der Waals surface area contributed by atoms with Gasteiger partial charge < -0.3 is 33.9 Å². The normalized spacial score (nSPS) is 16.8. The molecule has 0 aliphatic carbocycles. The minimum Gasteiger partial charge on any atom is -0.462 e. The Morgan fingerprint density at radius 1 is 0.808 bits per heavy atom. The van der Waals surface area contributed by atoms with E-state index in [9.17, 15) is 4.79 Å². The molecule has 0 aliphatic heterocycles. The second kappa shape index (κ2) is 13.4. The van der Waals surface area contributed by atoms with Gasteiger partial charge in [-0.25, -0.2) is 0 Å². The van der Waals surface area contributed by atoms with E-state index in [1.165, 1.54) is 6.92 Å². The number of methoxy groups -OCH3 is 1. The van der Waals surface area contributed by atoms with Crippen molar-refractivity contribution in [3.8, 4) is 0 Å². The zero-order valence-electron chi connectivity index (χ0n) is 16.9. The van der Waals surface area contributed by atoms with E-state index in [1.807, 2.05) is 20.8 Å². The lowest BCUT2D eigenvalue weighted by atomic mass is 9.93. The minimum atomic E-state index is -1.30. The van der Waals surface area contributed by atoms with Crippen molar-refractivity contribution in [1.29, 1.82) is 0 Å². The molecular weight excluding hydrogens is 344 g/mol. The molecule has 0 radical (unpaired) electrons. The molecule has 0 saturated carbocycles. The SMILES string of the molecule is COC(C)COC(C)COC(C)COC(C)COC(=O)C(C)(CO)CO. The van der Waals surface area contributed by atoms with Crippen molar-refractivity contribution in [2.75, 3.05) is 46.8 Å². The third kappa shape index (κ3) is 10.4. The van der Waals surface area contributed by atoms with Crippen LogP contribution in [0.5, 0.6) is 0 Å². The fourth-order valence-electron chi connectivity index (χ4n) is 1.66. The van der Waals surface area contributed by atoms with Gasteiger partial charge in [0.2, 0.25) is 0 Å². The lowest BCUT2D eigenvalue weighted by molar-refractivity contribution is -0.164. The Hall–Kier alpha value is -0.770. The predicted molar refractivity (Wildman–Crippen MR) is 96.0 cm³/mol. The van der Waals surface area contributed by atoms with Crippen LogP contribution in [0.1, 0.15) is 34.6 Å². The van der Waals surface area contributed by atoms with Gasteiger partial charge in [0.1, 0.15) is 12.0 Å². The first-order valence-corrected chi connectivity index (χ1v) is 8.95. The van der Waals surface area contributed by atoms with Gasteiger partial charge in [0.05, 0.1) is 57.5 Å². The Bertz CT molecular complexity index is 372. The van der Waals surface area contributed by atoms with Gasteiger partial charge in [0, 0.05) is 7.11 Å².